The predicted molar refractivity (Wildman–Crippen MR) is 66.6 cm³/mol. The van der Waals surface area contributed by atoms with Gasteiger partial charge in [0.2, 0.25) is 0 Å². The summed E-state index contributed by atoms with van der Waals surface area (Å²) in [6.07, 6.45) is -0.598. The highest BCUT2D eigenvalue weighted by molar-refractivity contribution is 5.27. The van der Waals surface area contributed by atoms with Crippen LogP contribution >= 0.6 is 0 Å². The molecule has 0 radical (unpaired) electrons. The highest BCUT2D eigenvalue weighted by Crippen LogP contribution is 2.28. The first-order valence-electron chi connectivity index (χ1n) is 5.71. The highest BCUT2D eigenvalue weighted by atomic mass is 16.5. The molecule has 0 fully saturated rings. The lowest BCUT2D eigenvalue weighted by molar-refractivity contribution is -0.0793. The van der Waals surface area contributed by atoms with E-state index in [0.29, 0.717) is 5.92 Å². The number of hydrogen-bond acceptors (Lipinski definition) is 2. The van der Waals surface area contributed by atoms with Crippen molar-refractivity contribution in [1.82, 2.24) is 0 Å². The Bertz CT molecular complexity index is 325. The molecule has 0 aromatic heterocycles. The average molecular weight is 222 g/mol. The number of methoxy groups -OCH3 is 1. The molecule has 1 rings (SSSR count). The molecule has 1 aromatic carbocycles. The summed E-state index contributed by atoms with van der Waals surface area (Å²) in [6, 6.07) is 8.07. The fraction of sp³-hybridized carbons (Fsp3) is 0.571. The highest BCUT2D eigenvalue weighted by Gasteiger charge is 2.28. The molecule has 0 bridgehead atoms. The Balaban J connectivity index is 2.90. The summed E-state index contributed by atoms with van der Waals surface area (Å²) in [4.78, 5) is 0. The van der Waals surface area contributed by atoms with Gasteiger partial charge in [0.05, 0.1) is 5.60 Å². The zero-order valence-corrected chi connectivity index (χ0v) is 10.8. The zero-order chi connectivity index (χ0) is 12.3. The molecule has 1 unspecified atom stereocenters. The number of hydrogen-bond donors (Lipinski definition) is 1. The van der Waals surface area contributed by atoms with Crippen LogP contribution in [-0.4, -0.2) is 17.8 Å². The van der Waals surface area contributed by atoms with Gasteiger partial charge in [-0.2, -0.15) is 0 Å². The molecule has 0 saturated heterocycles. The van der Waals surface area contributed by atoms with E-state index in [-0.39, 0.29) is 0 Å². The third-order valence-corrected chi connectivity index (χ3v) is 3.10. The number of rotatable bonds is 4. The van der Waals surface area contributed by atoms with Crippen molar-refractivity contribution in [3.63, 3.8) is 0 Å². The van der Waals surface area contributed by atoms with Crippen molar-refractivity contribution >= 4 is 0 Å². The first kappa shape index (κ1) is 13.2. The van der Waals surface area contributed by atoms with Gasteiger partial charge in [0.1, 0.15) is 6.10 Å². The standard InChI is InChI=1S/C14H22O2/c1-10(2)11-6-8-12(9-7-11)13(15)14(3,4)16-5/h6-10,13,15H,1-5H3. The summed E-state index contributed by atoms with van der Waals surface area (Å²) in [7, 11) is 1.62. The van der Waals surface area contributed by atoms with Crippen LogP contribution in [0.3, 0.4) is 0 Å². The maximum Gasteiger partial charge on any atom is 0.107 e. The Morgan fingerprint density at radius 2 is 1.50 bits per heavy atom. The van der Waals surface area contributed by atoms with Crippen molar-refractivity contribution in [3.05, 3.63) is 35.4 Å². The molecule has 2 heteroatoms. The van der Waals surface area contributed by atoms with Crippen LogP contribution in [0.4, 0.5) is 0 Å². The minimum absolute atomic E-state index is 0.515. The molecule has 1 atom stereocenters. The van der Waals surface area contributed by atoms with Crippen LogP contribution in [0.2, 0.25) is 0 Å². The van der Waals surface area contributed by atoms with Gasteiger partial charge in [0.25, 0.3) is 0 Å². The number of benzene rings is 1. The second-order valence-electron chi connectivity index (χ2n) is 5.03. The van der Waals surface area contributed by atoms with Crippen molar-refractivity contribution in [3.8, 4) is 0 Å². The van der Waals surface area contributed by atoms with Gasteiger partial charge in [-0.15, -0.1) is 0 Å². The normalized spacial score (nSPS) is 14.2. The maximum absolute atomic E-state index is 10.2. The van der Waals surface area contributed by atoms with Gasteiger partial charge in [-0.3, -0.25) is 0 Å². The van der Waals surface area contributed by atoms with Gasteiger partial charge in [-0.25, -0.2) is 0 Å². The summed E-state index contributed by atoms with van der Waals surface area (Å²) in [6.45, 7) is 8.08. The third-order valence-electron chi connectivity index (χ3n) is 3.10. The molecule has 90 valence electrons. The molecule has 0 saturated carbocycles. The van der Waals surface area contributed by atoms with Gasteiger partial charge in [-0.05, 0) is 30.9 Å². The van der Waals surface area contributed by atoms with E-state index in [1.165, 1.54) is 5.56 Å². The number of aliphatic hydroxyl groups is 1. The minimum Gasteiger partial charge on any atom is -0.385 e. The van der Waals surface area contributed by atoms with Gasteiger partial charge >= 0.3 is 0 Å². The molecule has 0 spiro atoms. The molecule has 0 amide bonds. The van der Waals surface area contributed by atoms with Gasteiger partial charge in [-0.1, -0.05) is 38.1 Å². The topological polar surface area (TPSA) is 29.5 Å². The molecule has 0 aliphatic carbocycles. The second kappa shape index (κ2) is 4.98. The second-order valence-corrected chi connectivity index (χ2v) is 5.03. The van der Waals surface area contributed by atoms with E-state index in [9.17, 15) is 5.11 Å². The summed E-state index contributed by atoms with van der Waals surface area (Å²) in [5, 5.41) is 10.2. The van der Waals surface area contributed by atoms with Crippen LogP contribution in [0.5, 0.6) is 0 Å². The van der Waals surface area contributed by atoms with E-state index in [0.717, 1.165) is 5.56 Å². The maximum atomic E-state index is 10.2. The van der Waals surface area contributed by atoms with Crippen LogP contribution in [-0.2, 0) is 4.74 Å². The predicted octanol–water partition coefficient (Wildman–Crippen LogP) is 3.27. The first-order chi connectivity index (χ1) is 7.38. The van der Waals surface area contributed by atoms with Crippen LogP contribution in [0, 0.1) is 0 Å². The Labute approximate surface area is 98.3 Å². The molecule has 1 aromatic rings. The summed E-state index contributed by atoms with van der Waals surface area (Å²) >= 11 is 0. The molecule has 2 nitrogen and oxygen atoms in total. The molecule has 16 heavy (non-hydrogen) atoms. The quantitative estimate of drug-likeness (QED) is 0.847. The fourth-order valence-corrected chi connectivity index (χ4v) is 1.58. The summed E-state index contributed by atoms with van der Waals surface area (Å²) < 4.78 is 5.28. The Morgan fingerprint density at radius 3 is 1.88 bits per heavy atom. The Kier molecular flexibility index (Phi) is 4.11. The molecular formula is C14H22O2. The third kappa shape index (κ3) is 2.83. The number of aliphatic hydroxyl groups excluding tert-OH is 1. The molecule has 0 heterocycles. The van der Waals surface area contributed by atoms with Crippen molar-refractivity contribution in [1.29, 1.82) is 0 Å². The zero-order valence-electron chi connectivity index (χ0n) is 10.8. The first-order valence-corrected chi connectivity index (χ1v) is 5.71. The van der Waals surface area contributed by atoms with E-state index < -0.39 is 11.7 Å². The Morgan fingerprint density at radius 1 is 1.06 bits per heavy atom. The molecule has 0 aliphatic heterocycles. The average Bonchev–Trinajstić information content (AvgIpc) is 2.28. The fourth-order valence-electron chi connectivity index (χ4n) is 1.58. The summed E-state index contributed by atoms with van der Waals surface area (Å²) in [5.41, 5.74) is 1.63. The SMILES string of the molecule is COC(C)(C)C(O)c1ccc(C(C)C)cc1. The lowest BCUT2D eigenvalue weighted by Crippen LogP contribution is -2.31. The Hall–Kier alpha value is -0.860. The summed E-state index contributed by atoms with van der Waals surface area (Å²) in [5.74, 6) is 0.515. The lowest BCUT2D eigenvalue weighted by Gasteiger charge is -2.29. The van der Waals surface area contributed by atoms with Crippen LogP contribution < -0.4 is 0 Å². The van der Waals surface area contributed by atoms with E-state index in [1.807, 2.05) is 26.0 Å². The van der Waals surface area contributed by atoms with Crippen molar-refractivity contribution < 1.29 is 9.84 Å². The van der Waals surface area contributed by atoms with Gasteiger partial charge in [0.15, 0.2) is 0 Å². The smallest absolute Gasteiger partial charge is 0.107 e. The van der Waals surface area contributed by atoms with Crippen molar-refractivity contribution in [2.75, 3.05) is 7.11 Å². The monoisotopic (exact) mass is 222 g/mol. The van der Waals surface area contributed by atoms with Crippen molar-refractivity contribution in [2.24, 2.45) is 0 Å². The largest absolute Gasteiger partial charge is 0.385 e. The molecule has 1 N–H and O–H groups in total. The van der Waals surface area contributed by atoms with E-state index in [4.69, 9.17) is 4.74 Å². The number of ether oxygens (including phenoxy) is 1. The molecule has 0 aliphatic rings. The van der Waals surface area contributed by atoms with Crippen LogP contribution in [0.1, 0.15) is 50.8 Å². The van der Waals surface area contributed by atoms with Crippen molar-refractivity contribution in [2.45, 2.75) is 45.3 Å². The van der Waals surface area contributed by atoms with Crippen LogP contribution in [0.25, 0.3) is 0 Å². The lowest BCUT2D eigenvalue weighted by atomic mass is 9.92. The van der Waals surface area contributed by atoms with E-state index >= 15 is 0 Å². The van der Waals surface area contributed by atoms with E-state index in [2.05, 4.69) is 26.0 Å². The molecular weight excluding hydrogens is 200 g/mol. The van der Waals surface area contributed by atoms with E-state index in [1.54, 1.807) is 7.11 Å². The minimum atomic E-state index is -0.598. The van der Waals surface area contributed by atoms with Crippen LogP contribution in [0.15, 0.2) is 24.3 Å². The van der Waals surface area contributed by atoms with Gasteiger partial charge in [0, 0.05) is 7.11 Å². The van der Waals surface area contributed by atoms with Gasteiger partial charge < -0.3 is 9.84 Å².